The zero-order chi connectivity index (χ0) is 17.6. The molecule has 1 aliphatic rings. The van der Waals surface area contributed by atoms with Crippen molar-refractivity contribution in [3.05, 3.63) is 29.8 Å². The minimum Gasteiger partial charge on any atom is -0.347 e. The standard InChI is InChI=1S/C15H20FN2O4S/c1-14(2)9-12(15(3,4)18(14)20)17-13(19)10-5-7-11(8-6-10)23(16,21)22/h5-8,12H,9H2,1-4H3,(H,17,19). The number of carbonyl (C=O) groups is 1. The fourth-order valence-electron chi connectivity index (χ4n) is 2.99. The van der Waals surface area contributed by atoms with Crippen LogP contribution in [-0.2, 0) is 15.4 Å². The van der Waals surface area contributed by atoms with E-state index in [1.807, 2.05) is 13.8 Å². The molecule has 0 saturated carbocycles. The fraction of sp³-hybridized carbons (Fsp3) is 0.533. The first-order valence-electron chi connectivity index (χ1n) is 7.19. The number of amides is 1. The summed E-state index contributed by atoms with van der Waals surface area (Å²) in [6, 6.07) is 4.20. The fourth-order valence-corrected chi connectivity index (χ4v) is 3.45. The van der Waals surface area contributed by atoms with E-state index in [1.165, 1.54) is 12.1 Å². The van der Waals surface area contributed by atoms with Gasteiger partial charge in [0.15, 0.2) is 0 Å². The Morgan fingerprint density at radius 3 is 2.13 bits per heavy atom. The molecule has 6 nitrogen and oxygen atoms in total. The maximum Gasteiger partial charge on any atom is 0.332 e. The minimum atomic E-state index is -4.79. The van der Waals surface area contributed by atoms with Gasteiger partial charge >= 0.3 is 10.2 Å². The molecule has 0 bridgehead atoms. The van der Waals surface area contributed by atoms with Crippen LogP contribution in [0.2, 0.25) is 0 Å². The minimum absolute atomic E-state index is 0.204. The van der Waals surface area contributed by atoms with Crippen molar-refractivity contribution in [3.8, 4) is 0 Å². The Bertz CT molecular complexity index is 713. The molecule has 1 heterocycles. The molecule has 127 valence electrons. The van der Waals surface area contributed by atoms with Crippen molar-refractivity contribution in [2.24, 2.45) is 0 Å². The smallest absolute Gasteiger partial charge is 0.332 e. The third-order valence-electron chi connectivity index (χ3n) is 4.33. The molecule has 1 radical (unpaired) electrons. The van der Waals surface area contributed by atoms with Crippen LogP contribution in [0.3, 0.4) is 0 Å². The van der Waals surface area contributed by atoms with Crippen LogP contribution in [0.25, 0.3) is 0 Å². The van der Waals surface area contributed by atoms with Gasteiger partial charge in [0.1, 0.15) is 0 Å². The van der Waals surface area contributed by atoms with E-state index in [0.29, 0.717) is 6.42 Å². The van der Waals surface area contributed by atoms with Gasteiger partial charge in [-0.15, -0.1) is 14.2 Å². The second kappa shape index (κ2) is 5.54. The van der Waals surface area contributed by atoms with Crippen molar-refractivity contribution >= 4 is 16.1 Å². The third-order valence-corrected chi connectivity index (χ3v) is 5.17. The van der Waals surface area contributed by atoms with Crippen molar-refractivity contribution in [2.75, 3.05) is 0 Å². The number of carbonyl (C=O) groups excluding carboxylic acids is 1. The Kier molecular flexibility index (Phi) is 4.29. The summed E-state index contributed by atoms with van der Waals surface area (Å²) in [7, 11) is -4.79. The average Bonchev–Trinajstić information content (AvgIpc) is 2.58. The number of hydrogen-bond donors (Lipinski definition) is 1. The molecule has 1 amide bonds. The number of hydrogen-bond acceptors (Lipinski definition) is 4. The van der Waals surface area contributed by atoms with Crippen LogP contribution < -0.4 is 5.32 Å². The quantitative estimate of drug-likeness (QED) is 0.851. The Balaban J connectivity index is 2.17. The Hall–Kier alpha value is -1.51. The van der Waals surface area contributed by atoms with Gasteiger partial charge < -0.3 is 5.32 Å². The van der Waals surface area contributed by atoms with Crippen LogP contribution in [0.15, 0.2) is 29.2 Å². The van der Waals surface area contributed by atoms with E-state index >= 15 is 0 Å². The molecule has 1 atom stereocenters. The van der Waals surface area contributed by atoms with Crippen LogP contribution in [-0.4, -0.2) is 36.5 Å². The van der Waals surface area contributed by atoms with Crippen LogP contribution in [0.1, 0.15) is 44.5 Å². The van der Waals surface area contributed by atoms with E-state index in [-0.39, 0.29) is 11.6 Å². The first kappa shape index (κ1) is 17.8. The zero-order valence-corrected chi connectivity index (χ0v) is 14.3. The molecule has 1 saturated heterocycles. The lowest BCUT2D eigenvalue weighted by Gasteiger charge is -2.33. The van der Waals surface area contributed by atoms with Gasteiger partial charge in [0.25, 0.3) is 5.91 Å². The van der Waals surface area contributed by atoms with Gasteiger partial charge in [0.05, 0.1) is 16.5 Å². The largest absolute Gasteiger partial charge is 0.347 e. The first-order chi connectivity index (χ1) is 10.4. The summed E-state index contributed by atoms with van der Waals surface area (Å²) in [4.78, 5) is 11.8. The normalized spacial score (nSPS) is 23.7. The summed E-state index contributed by atoms with van der Waals surface area (Å²) in [5.74, 6) is -0.433. The van der Waals surface area contributed by atoms with Crippen LogP contribution in [0.5, 0.6) is 0 Å². The van der Waals surface area contributed by atoms with Crippen LogP contribution in [0, 0.1) is 0 Å². The molecule has 0 aromatic heterocycles. The number of halogens is 1. The highest BCUT2D eigenvalue weighted by atomic mass is 32.3. The van der Waals surface area contributed by atoms with Gasteiger partial charge in [0.2, 0.25) is 0 Å². The summed E-state index contributed by atoms with van der Waals surface area (Å²) in [5.41, 5.74) is -1.15. The molecule has 1 fully saturated rings. The molecule has 1 aromatic carbocycles. The number of rotatable bonds is 3. The molecular weight excluding hydrogens is 323 g/mol. The summed E-state index contributed by atoms with van der Waals surface area (Å²) in [6.07, 6.45) is 0.492. The topological polar surface area (TPSA) is 86.4 Å². The SMILES string of the molecule is CC1(C)CC(NC(=O)c2ccc(S(=O)(=O)F)cc2)C(C)(C)N1[O]. The lowest BCUT2D eigenvalue weighted by molar-refractivity contribution is -0.246. The molecule has 0 aliphatic carbocycles. The van der Waals surface area contributed by atoms with Gasteiger partial charge in [-0.05, 0) is 58.4 Å². The zero-order valence-electron chi connectivity index (χ0n) is 13.5. The van der Waals surface area contributed by atoms with E-state index in [4.69, 9.17) is 0 Å². The van der Waals surface area contributed by atoms with E-state index in [2.05, 4.69) is 5.32 Å². The molecule has 1 aromatic rings. The molecule has 23 heavy (non-hydrogen) atoms. The first-order valence-corrected chi connectivity index (χ1v) is 8.57. The summed E-state index contributed by atoms with van der Waals surface area (Å²) in [6.45, 7) is 7.15. The lowest BCUT2D eigenvalue weighted by atomic mass is 9.94. The highest BCUT2D eigenvalue weighted by molar-refractivity contribution is 7.86. The highest BCUT2D eigenvalue weighted by Gasteiger charge is 2.52. The molecular formula is C15H20FN2O4S. The van der Waals surface area contributed by atoms with Crippen molar-refractivity contribution in [1.29, 1.82) is 0 Å². The van der Waals surface area contributed by atoms with E-state index in [9.17, 15) is 22.3 Å². The predicted octanol–water partition coefficient (Wildman–Crippen LogP) is 2.05. The predicted molar refractivity (Wildman–Crippen MR) is 81.3 cm³/mol. The second-order valence-corrected chi connectivity index (χ2v) is 8.30. The highest BCUT2D eigenvalue weighted by Crippen LogP contribution is 2.39. The third kappa shape index (κ3) is 3.39. The summed E-state index contributed by atoms with van der Waals surface area (Å²) >= 11 is 0. The maximum atomic E-state index is 12.8. The lowest BCUT2D eigenvalue weighted by Crippen LogP contribution is -2.52. The number of hydroxylamine groups is 2. The Morgan fingerprint density at radius 1 is 1.22 bits per heavy atom. The van der Waals surface area contributed by atoms with Gasteiger partial charge in [-0.1, -0.05) is 0 Å². The van der Waals surface area contributed by atoms with E-state index in [0.717, 1.165) is 17.2 Å². The van der Waals surface area contributed by atoms with Crippen molar-refractivity contribution in [2.45, 2.75) is 56.1 Å². The van der Waals surface area contributed by atoms with E-state index < -0.39 is 32.1 Å². The monoisotopic (exact) mass is 343 g/mol. The van der Waals surface area contributed by atoms with Gasteiger partial charge in [0, 0.05) is 11.1 Å². The average molecular weight is 343 g/mol. The molecule has 0 spiro atoms. The molecule has 1 unspecified atom stereocenters. The Labute approximate surface area is 135 Å². The molecule has 2 rings (SSSR count). The van der Waals surface area contributed by atoms with Gasteiger partial charge in [-0.3, -0.25) is 4.79 Å². The van der Waals surface area contributed by atoms with Crippen molar-refractivity contribution in [1.82, 2.24) is 10.4 Å². The number of nitrogens with one attached hydrogen (secondary N) is 1. The van der Waals surface area contributed by atoms with Crippen LogP contribution >= 0.6 is 0 Å². The van der Waals surface area contributed by atoms with E-state index in [1.54, 1.807) is 13.8 Å². The second-order valence-electron chi connectivity index (χ2n) is 6.95. The summed E-state index contributed by atoms with van der Waals surface area (Å²) < 4.78 is 34.4. The Morgan fingerprint density at radius 2 is 1.74 bits per heavy atom. The van der Waals surface area contributed by atoms with Crippen LogP contribution in [0.4, 0.5) is 3.89 Å². The van der Waals surface area contributed by atoms with Gasteiger partial charge in [-0.25, -0.2) is 0 Å². The number of nitrogens with zero attached hydrogens (tertiary/aromatic N) is 1. The molecule has 1 N–H and O–H groups in total. The molecule has 8 heteroatoms. The molecule has 1 aliphatic heterocycles. The maximum absolute atomic E-state index is 12.8. The van der Waals surface area contributed by atoms with Crippen molar-refractivity contribution in [3.63, 3.8) is 0 Å². The van der Waals surface area contributed by atoms with Gasteiger partial charge in [-0.2, -0.15) is 8.42 Å². The number of benzene rings is 1. The van der Waals surface area contributed by atoms with Crippen molar-refractivity contribution < 1.29 is 22.3 Å². The summed E-state index contributed by atoms with van der Waals surface area (Å²) in [5, 5.41) is 16.1.